The number of sulfonamides is 1. The van der Waals surface area contributed by atoms with Gasteiger partial charge in [0.1, 0.15) is 0 Å². The Labute approximate surface area is 128 Å². The molecule has 2 N–H and O–H groups in total. The van der Waals surface area contributed by atoms with Crippen LogP contribution in [0.15, 0.2) is 23.1 Å². The van der Waals surface area contributed by atoms with Crippen molar-refractivity contribution >= 4 is 10.0 Å². The van der Waals surface area contributed by atoms with E-state index in [-0.39, 0.29) is 22.4 Å². The van der Waals surface area contributed by atoms with E-state index in [1.807, 2.05) is 6.92 Å². The molecule has 1 fully saturated rings. The summed E-state index contributed by atoms with van der Waals surface area (Å²) in [6.45, 7) is 4.56. The first-order valence-corrected chi connectivity index (χ1v) is 8.50. The summed E-state index contributed by atoms with van der Waals surface area (Å²) in [7, 11) is -3.97. The normalized spacial score (nSPS) is 23.5. The van der Waals surface area contributed by atoms with E-state index in [0.29, 0.717) is 25.6 Å². The lowest BCUT2D eigenvalue weighted by Crippen LogP contribution is -2.48. The minimum Gasteiger partial charge on any atom is -0.316 e. The third-order valence-corrected chi connectivity index (χ3v) is 5.40. The van der Waals surface area contributed by atoms with Gasteiger partial charge in [0.25, 0.3) is 0 Å². The van der Waals surface area contributed by atoms with Gasteiger partial charge in [-0.3, -0.25) is 0 Å². The van der Waals surface area contributed by atoms with Crippen LogP contribution in [0.1, 0.15) is 24.5 Å². The van der Waals surface area contributed by atoms with E-state index in [0.717, 1.165) is 0 Å². The van der Waals surface area contributed by atoms with Crippen LogP contribution in [0.4, 0.5) is 13.2 Å². The Hall–Kier alpha value is -1.12. The summed E-state index contributed by atoms with van der Waals surface area (Å²) in [6, 6.07) is 2.81. The van der Waals surface area contributed by atoms with Crippen LogP contribution in [0.5, 0.6) is 0 Å². The number of rotatable bonds is 3. The van der Waals surface area contributed by atoms with Crippen LogP contribution in [-0.4, -0.2) is 27.5 Å². The first-order valence-electron chi connectivity index (χ1n) is 7.02. The molecule has 1 aliphatic rings. The van der Waals surface area contributed by atoms with Gasteiger partial charge in [-0.2, -0.15) is 13.2 Å². The second kappa shape index (κ2) is 6.17. The Bertz CT molecular complexity index is 644. The second-order valence-electron chi connectivity index (χ2n) is 5.67. The summed E-state index contributed by atoms with van der Waals surface area (Å²) in [5.41, 5.74) is -0.921. The summed E-state index contributed by atoms with van der Waals surface area (Å²) in [5, 5.41) is 3.14. The Kier molecular flexibility index (Phi) is 4.84. The average Bonchev–Trinajstić information content (AvgIpc) is 2.40. The maximum Gasteiger partial charge on any atom is 0.416 e. The van der Waals surface area contributed by atoms with E-state index in [9.17, 15) is 21.6 Å². The third kappa shape index (κ3) is 3.80. The molecule has 1 saturated heterocycles. The molecule has 2 atom stereocenters. The molecule has 2 rings (SSSR count). The lowest BCUT2D eigenvalue weighted by atomic mass is 9.97. The SMILES string of the molecule is Cc1ccc(S(=O)(=O)NC2CCNCC2C)cc1C(F)(F)F. The van der Waals surface area contributed by atoms with Gasteiger partial charge in [-0.15, -0.1) is 0 Å². The fraction of sp³-hybridized carbons (Fsp3) is 0.571. The standard InChI is InChI=1S/C14H19F3N2O2S/c1-9-3-4-11(7-12(9)14(15,16)17)22(20,21)19-13-5-6-18-8-10(13)2/h3-4,7,10,13,18-19H,5-6,8H2,1-2H3. The van der Waals surface area contributed by atoms with Crippen molar-refractivity contribution in [2.75, 3.05) is 13.1 Å². The van der Waals surface area contributed by atoms with Crippen molar-refractivity contribution in [1.82, 2.24) is 10.0 Å². The summed E-state index contributed by atoms with van der Waals surface area (Å²) >= 11 is 0. The molecule has 1 aromatic rings. The Morgan fingerprint density at radius 2 is 2.00 bits per heavy atom. The molecule has 1 aliphatic heterocycles. The average molecular weight is 336 g/mol. The number of alkyl halides is 3. The van der Waals surface area contributed by atoms with Gasteiger partial charge in [0.2, 0.25) is 10.0 Å². The summed E-state index contributed by atoms with van der Waals surface area (Å²) in [6.07, 6.45) is -3.96. The minimum atomic E-state index is -4.57. The number of hydrogen-bond donors (Lipinski definition) is 2. The topological polar surface area (TPSA) is 58.2 Å². The zero-order chi connectivity index (χ0) is 16.5. The molecule has 1 heterocycles. The van der Waals surface area contributed by atoms with Crippen molar-refractivity contribution in [1.29, 1.82) is 0 Å². The van der Waals surface area contributed by atoms with Gasteiger partial charge < -0.3 is 5.32 Å². The Balaban J connectivity index is 2.30. The molecule has 0 radical (unpaired) electrons. The molecule has 2 unspecified atom stereocenters. The quantitative estimate of drug-likeness (QED) is 0.890. The number of nitrogens with one attached hydrogen (secondary N) is 2. The molecule has 0 saturated carbocycles. The molecular formula is C14H19F3N2O2S. The number of piperidine rings is 1. The maximum absolute atomic E-state index is 12.9. The molecule has 0 bridgehead atoms. The van der Waals surface area contributed by atoms with Crippen molar-refractivity contribution in [3.63, 3.8) is 0 Å². The van der Waals surface area contributed by atoms with Gasteiger partial charge in [0, 0.05) is 6.04 Å². The monoisotopic (exact) mass is 336 g/mol. The molecule has 124 valence electrons. The fourth-order valence-corrected chi connectivity index (χ4v) is 3.94. The Morgan fingerprint density at radius 1 is 1.32 bits per heavy atom. The molecule has 8 heteroatoms. The van der Waals surface area contributed by atoms with Crippen LogP contribution >= 0.6 is 0 Å². The van der Waals surface area contributed by atoms with Crippen LogP contribution in [0.2, 0.25) is 0 Å². The summed E-state index contributed by atoms with van der Waals surface area (Å²) in [4.78, 5) is -0.351. The smallest absolute Gasteiger partial charge is 0.316 e. The molecular weight excluding hydrogens is 317 g/mol. The predicted molar refractivity (Wildman–Crippen MR) is 76.9 cm³/mol. The second-order valence-corrected chi connectivity index (χ2v) is 7.39. The van der Waals surface area contributed by atoms with E-state index in [1.165, 1.54) is 19.1 Å². The van der Waals surface area contributed by atoms with Gasteiger partial charge in [0.15, 0.2) is 0 Å². The van der Waals surface area contributed by atoms with E-state index >= 15 is 0 Å². The Morgan fingerprint density at radius 3 is 2.59 bits per heavy atom. The minimum absolute atomic E-state index is 0.00156. The van der Waals surface area contributed by atoms with Gasteiger partial charge in [0.05, 0.1) is 10.5 Å². The molecule has 0 spiro atoms. The van der Waals surface area contributed by atoms with Crippen LogP contribution in [0.3, 0.4) is 0 Å². The zero-order valence-corrected chi connectivity index (χ0v) is 13.2. The lowest BCUT2D eigenvalue weighted by molar-refractivity contribution is -0.138. The van der Waals surface area contributed by atoms with Crippen molar-refractivity contribution in [3.05, 3.63) is 29.3 Å². The van der Waals surface area contributed by atoms with E-state index in [4.69, 9.17) is 0 Å². The highest BCUT2D eigenvalue weighted by Gasteiger charge is 2.34. The van der Waals surface area contributed by atoms with E-state index < -0.39 is 21.8 Å². The highest BCUT2D eigenvalue weighted by Crippen LogP contribution is 2.33. The van der Waals surface area contributed by atoms with Crippen molar-refractivity contribution in [2.45, 2.75) is 37.4 Å². The molecule has 1 aromatic carbocycles. The number of hydrogen-bond acceptors (Lipinski definition) is 3. The van der Waals surface area contributed by atoms with E-state index in [1.54, 1.807) is 0 Å². The van der Waals surface area contributed by atoms with Gasteiger partial charge in [-0.1, -0.05) is 13.0 Å². The zero-order valence-electron chi connectivity index (χ0n) is 12.4. The van der Waals surface area contributed by atoms with Gasteiger partial charge >= 0.3 is 6.18 Å². The van der Waals surface area contributed by atoms with Crippen LogP contribution in [-0.2, 0) is 16.2 Å². The largest absolute Gasteiger partial charge is 0.416 e. The van der Waals surface area contributed by atoms with Crippen molar-refractivity contribution < 1.29 is 21.6 Å². The third-order valence-electron chi connectivity index (χ3n) is 3.92. The van der Waals surface area contributed by atoms with Gasteiger partial charge in [-0.25, -0.2) is 13.1 Å². The predicted octanol–water partition coefficient (Wildman–Crippen LogP) is 2.29. The number of benzene rings is 1. The highest BCUT2D eigenvalue weighted by atomic mass is 32.2. The first kappa shape index (κ1) is 17.2. The number of halogens is 3. The number of aryl methyl sites for hydroxylation is 1. The van der Waals surface area contributed by atoms with Crippen LogP contribution in [0, 0.1) is 12.8 Å². The molecule has 4 nitrogen and oxygen atoms in total. The van der Waals surface area contributed by atoms with E-state index in [2.05, 4.69) is 10.0 Å². The molecule has 0 aliphatic carbocycles. The summed E-state index contributed by atoms with van der Waals surface area (Å²) < 4.78 is 65.9. The fourth-order valence-electron chi connectivity index (χ4n) is 2.53. The highest BCUT2D eigenvalue weighted by molar-refractivity contribution is 7.89. The lowest BCUT2D eigenvalue weighted by Gasteiger charge is -2.30. The van der Waals surface area contributed by atoms with Crippen LogP contribution in [0.25, 0.3) is 0 Å². The van der Waals surface area contributed by atoms with Crippen molar-refractivity contribution in [2.24, 2.45) is 5.92 Å². The first-order chi connectivity index (χ1) is 10.1. The molecule has 0 amide bonds. The maximum atomic E-state index is 12.9. The van der Waals surface area contributed by atoms with Gasteiger partial charge in [-0.05, 0) is 50.0 Å². The molecule has 0 aromatic heterocycles. The summed E-state index contributed by atoms with van der Waals surface area (Å²) in [5.74, 6) is 0.0797. The molecule has 22 heavy (non-hydrogen) atoms. The van der Waals surface area contributed by atoms with Crippen LogP contribution < -0.4 is 10.0 Å². The van der Waals surface area contributed by atoms with Crippen molar-refractivity contribution in [3.8, 4) is 0 Å².